The van der Waals surface area contributed by atoms with Crippen LogP contribution in [0.5, 0.6) is 10.9 Å². The Morgan fingerprint density at radius 3 is 2.52 bits per heavy atom. The molecule has 2 fully saturated rings. The number of ether oxygens (including phenoxy) is 2. The van der Waals surface area contributed by atoms with E-state index in [4.69, 9.17) is 9.47 Å². The molecule has 7 heteroatoms. The van der Waals surface area contributed by atoms with Crippen LogP contribution in [0.1, 0.15) is 68.9 Å². The molecule has 0 aliphatic heterocycles. The van der Waals surface area contributed by atoms with Crippen LogP contribution in [0.15, 0.2) is 48.7 Å². The fourth-order valence-electron chi connectivity index (χ4n) is 6.60. The van der Waals surface area contributed by atoms with Gasteiger partial charge in [-0.25, -0.2) is 4.98 Å². The van der Waals surface area contributed by atoms with Gasteiger partial charge in [-0.2, -0.15) is 0 Å². The van der Waals surface area contributed by atoms with Gasteiger partial charge in [-0.05, 0) is 105 Å². The van der Waals surface area contributed by atoms with Gasteiger partial charge in [0.2, 0.25) is 5.91 Å². The van der Waals surface area contributed by atoms with E-state index in [0.29, 0.717) is 35.8 Å². The zero-order valence-corrected chi connectivity index (χ0v) is 25.0. The summed E-state index contributed by atoms with van der Waals surface area (Å²) in [6.07, 6.45) is 7.80. The van der Waals surface area contributed by atoms with Crippen molar-refractivity contribution < 1.29 is 19.4 Å². The fourth-order valence-corrected chi connectivity index (χ4v) is 7.33. The van der Waals surface area contributed by atoms with Gasteiger partial charge in [-0.15, -0.1) is 0 Å². The second-order valence-corrected chi connectivity index (χ2v) is 12.7. The minimum atomic E-state index is -0.279. The number of amides is 1. The van der Waals surface area contributed by atoms with Crippen LogP contribution in [0.3, 0.4) is 0 Å². The Kier molecular flexibility index (Phi) is 9.11. The summed E-state index contributed by atoms with van der Waals surface area (Å²) in [6, 6.07) is 14.9. The van der Waals surface area contributed by atoms with Crippen LogP contribution in [0.4, 0.5) is 5.69 Å². The Bertz CT molecular complexity index is 1300. The molecule has 1 aromatic heterocycles. The number of benzene rings is 2. The van der Waals surface area contributed by atoms with Crippen LogP contribution in [-0.4, -0.2) is 42.9 Å². The molecule has 1 heterocycles. The van der Waals surface area contributed by atoms with Gasteiger partial charge >= 0.3 is 0 Å². The average molecular weight is 563 g/mol. The molecule has 3 atom stereocenters. The third kappa shape index (κ3) is 6.36. The minimum Gasteiger partial charge on any atom is -0.496 e. The predicted octanol–water partition coefficient (Wildman–Crippen LogP) is 7.24. The second kappa shape index (κ2) is 12.7. The number of aliphatic hydroxyl groups excluding tert-OH is 1. The van der Waals surface area contributed by atoms with Crippen LogP contribution in [0, 0.1) is 24.7 Å². The van der Waals surface area contributed by atoms with Crippen molar-refractivity contribution in [3.63, 3.8) is 0 Å². The lowest BCUT2D eigenvalue weighted by molar-refractivity contribution is -0.124. The zero-order chi connectivity index (χ0) is 28.2. The highest BCUT2D eigenvalue weighted by molar-refractivity contribution is 7.16. The van der Waals surface area contributed by atoms with E-state index in [1.54, 1.807) is 14.2 Å². The molecule has 0 radical (unpaired) electrons. The molecule has 5 rings (SSSR count). The largest absolute Gasteiger partial charge is 0.496 e. The molecule has 40 heavy (non-hydrogen) atoms. The maximum atomic E-state index is 14.1. The Morgan fingerprint density at radius 2 is 1.85 bits per heavy atom. The number of hydrogen-bond acceptors (Lipinski definition) is 6. The van der Waals surface area contributed by atoms with Crippen LogP contribution < -0.4 is 14.4 Å². The first-order chi connectivity index (χ1) is 19.4. The summed E-state index contributed by atoms with van der Waals surface area (Å²) in [5.41, 5.74) is 4.57. The van der Waals surface area contributed by atoms with E-state index in [1.807, 2.05) is 12.3 Å². The maximum Gasteiger partial charge on any atom is 0.273 e. The van der Waals surface area contributed by atoms with E-state index in [1.165, 1.54) is 22.5 Å². The quantitative estimate of drug-likeness (QED) is 0.313. The van der Waals surface area contributed by atoms with Crippen LogP contribution in [-0.2, 0) is 4.79 Å². The summed E-state index contributed by atoms with van der Waals surface area (Å²) in [5, 5.41) is 10.7. The highest BCUT2D eigenvalue weighted by Gasteiger charge is 2.35. The number of aliphatic hydroxyl groups is 1. The maximum absolute atomic E-state index is 14.1. The van der Waals surface area contributed by atoms with Gasteiger partial charge in [-0.1, -0.05) is 42.5 Å². The summed E-state index contributed by atoms with van der Waals surface area (Å²) >= 11 is 1.51. The summed E-state index contributed by atoms with van der Waals surface area (Å²) in [6.45, 7) is 5.19. The van der Waals surface area contributed by atoms with Gasteiger partial charge in [0.15, 0.2) is 0 Å². The van der Waals surface area contributed by atoms with Crippen LogP contribution in [0.25, 0.3) is 10.4 Å². The smallest absolute Gasteiger partial charge is 0.273 e. The number of aryl methyl sites for hydroxylation is 1. The first-order valence-corrected chi connectivity index (χ1v) is 15.4. The highest BCUT2D eigenvalue weighted by Crippen LogP contribution is 2.42. The van der Waals surface area contributed by atoms with Gasteiger partial charge in [0, 0.05) is 24.3 Å². The van der Waals surface area contributed by atoms with Crippen molar-refractivity contribution in [2.24, 2.45) is 17.8 Å². The Balaban J connectivity index is 1.36. The second-order valence-electron chi connectivity index (χ2n) is 11.7. The lowest BCUT2D eigenvalue weighted by Crippen LogP contribution is -2.43. The van der Waals surface area contributed by atoms with Crippen molar-refractivity contribution in [1.29, 1.82) is 0 Å². The molecule has 0 bridgehead atoms. The average Bonchev–Trinajstić information content (AvgIpc) is 3.46. The van der Waals surface area contributed by atoms with Crippen molar-refractivity contribution in [1.82, 2.24) is 4.98 Å². The van der Waals surface area contributed by atoms with Crippen LogP contribution >= 0.6 is 11.3 Å². The molecule has 1 amide bonds. The Labute approximate surface area is 242 Å². The van der Waals surface area contributed by atoms with Crippen molar-refractivity contribution in [3.8, 4) is 21.4 Å². The number of rotatable bonds is 8. The van der Waals surface area contributed by atoms with Gasteiger partial charge in [0.05, 0.1) is 25.2 Å². The Morgan fingerprint density at radius 1 is 1.05 bits per heavy atom. The van der Waals surface area contributed by atoms with E-state index in [0.717, 1.165) is 60.5 Å². The lowest BCUT2D eigenvalue weighted by Gasteiger charge is -2.39. The van der Waals surface area contributed by atoms with Crippen LogP contribution in [0.2, 0.25) is 0 Å². The molecule has 2 aliphatic carbocycles. The number of carbonyl (C=O) groups excluding carboxylic acids is 1. The monoisotopic (exact) mass is 562 g/mol. The molecule has 6 nitrogen and oxygen atoms in total. The minimum absolute atomic E-state index is 0.0375. The molecule has 3 aromatic rings. The predicted molar refractivity (Wildman–Crippen MR) is 161 cm³/mol. The number of hydrogen-bond donors (Lipinski definition) is 1. The molecule has 214 valence electrons. The van der Waals surface area contributed by atoms with Gasteiger partial charge in [0.25, 0.3) is 5.19 Å². The van der Waals surface area contributed by atoms with Crippen molar-refractivity contribution in [3.05, 3.63) is 59.8 Å². The SMILES string of the molecule is COc1ncc(-c2cccc(N(C[C@@H]3CC[C@@H](c4ccc(OC)c(C)c4)CC3C)C(=O)[C@H]3CC[C@H](O)CC3)c2)s1. The van der Waals surface area contributed by atoms with Crippen molar-refractivity contribution >= 4 is 22.9 Å². The fraction of sp³-hybridized carbons (Fsp3) is 0.515. The number of methoxy groups -OCH3 is 2. The first kappa shape index (κ1) is 28.6. The molecule has 2 saturated carbocycles. The molecule has 1 unspecified atom stereocenters. The van der Waals surface area contributed by atoms with Gasteiger partial charge < -0.3 is 19.5 Å². The molecule has 1 N–H and O–H groups in total. The van der Waals surface area contributed by atoms with E-state index in [2.05, 4.69) is 60.1 Å². The number of thiazole rings is 1. The number of nitrogens with zero attached hydrogens (tertiary/aromatic N) is 2. The topological polar surface area (TPSA) is 71.9 Å². The van der Waals surface area contributed by atoms with E-state index in [-0.39, 0.29) is 17.9 Å². The van der Waals surface area contributed by atoms with Crippen molar-refractivity contribution in [2.75, 3.05) is 25.7 Å². The third-order valence-corrected chi connectivity index (χ3v) is 10.1. The van der Waals surface area contributed by atoms with Gasteiger partial charge in [-0.3, -0.25) is 4.79 Å². The molecule has 0 spiro atoms. The molecular weight excluding hydrogens is 520 g/mol. The summed E-state index contributed by atoms with van der Waals surface area (Å²) < 4.78 is 10.8. The lowest BCUT2D eigenvalue weighted by atomic mass is 9.72. The number of anilines is 1. The Hall–Kier alpha value is -2.90. The zero-order valence-electron chi connectivity index (χ0n) is 24.1. The summed E-state index contributed by atoms with van der Waals surface area (Å²) in [7, 11) is 3.36. The van der Waals surface area contributed by atoms with E-state index < -0.39 is 0 Å². The summed E-state index contributed by atoms with van der Waals surface area (Å²) in [4.78, 5) is 21.5. The highest BCUT2D eigenvalue weighted by atomic mass is 32.1. The van der Waals surface area contributed by atoms with E-state index in [9.17, 15) is 9.90 Å². The standard InChI is InChI=1S/C33H42N2O4S/c1-21-16-24(25-12-15-30(38-3)22(2)17-25)8-9-27(21)20-35(32(37)23-10-13-29(36)14-11-23)28-7-5-6-26(18-28)31-19-34-33(39-4)40-31/h5-7,12,15,17-19,21,23-24,27,29,36H,8-11,13-14,16,20H2,1-4H3/t21?,23-,24-,27+,29-/m1/s1. The molecule has 2 aromatic carbocycles. The molecule has 2 aliphatic rings. The third-order valence-electron chi connectivity index (χ3n) is 9.07. The molecule has 0 saturated heterocycles. The van der Waals surface area contributed by atoms with Crippen molar-refractivity contribution in [2.45, 2.75) is 70.8 Å². The number of aromatic nitrogens is 1. The molecular formula is C33H42N2O4S. The number of carbonyl (C=O) groups is 1. The summed E-state index contributed by atoms with van der Waals surface area (Å²) in [5.74, 6) is 2.56. The van der Waals surface area contributed by atoms with Gasteiger partial charge in [0.1, 0.15) is 5.75 Å². The van der Waals surface area contributed by atoms with E-state index >= 15 is 0 Å². The first-order valence-electron chi connectivity index (χ1n) is 14.6. The normalized spacial score (nSPS) is 24.9.